The van der Waals surface area contributed by atoms with Gasteiger partial charge in [0.25, 0.3) is 0 Å². The number of ketones is 1. The minimum atomic E-state index is -0.761. The van der Waals surface area contributed by atoms with Crippen molar-refractivity contribution < 1.29 is 18.3 Å². The third-order valence-electron chi connectivity index (χ3n) is 4.77. The van der Waals surface area contributed by atoms with Gasteiger partial charge in [0.05, 0.1) is 18.8 Å². The van der Waals surface area contributed by atoms with Gasteiger partial charge in [-0.05, 0) is 38.4 Å². The van der Waals surface area contributed by atoms with Crippen LogP contribution in [0.25, 0.3) is 0 Å². The van der Waals surface area contributed by atoms with Crippen molar-refractivity contribution in [3.63, 3.8) is 0 Å². The Morgan fingerprint density at radius 3 is 2.43 bits per heavy atom. The van der Waals surface area contributed by atoms with Crippen molar-refractivity contribution >= 4 is 5.78 Å². The van der Waals surface area contributed by atoms with E-state index < -0.39 is 11.6 Å². The molecule has 0 aromatic heterocycles. The van der Waals surface area contributed by atoms with E-state index in [1.807, 2.05) is 7.05 Å². The number of ether oxygens (including phenoxy) is 1. The van der Waals surface area contributed by atoms with Crippen molar-refractivity contribution in [1.29, 1.82) is 0 Å². The molecule has 2 saturated heterocycles. The second-order valence-corrected chi connectivity index (χ2v) is 6.12. The molecule has 0 saturated carbocycles. The summed E-state index contributed by atoms with van der Waals surface area (Å²) in [5, 5.41) is 0. The van der Waals surface area contributed by atoms with E-state index in [1.165, 1.54) is 6.07 Å². The number of nitrogens with zero attached hydrogens (tertiary/aromatic N) is 1. The van der Waals surface area contributed by atoms with Crippen LogP contribution in [0.1, 0.15) is 28.8 Å². The zero-order chi connectivity index (χ0) is 15.1. The number of morpholine rings is 1. The minimum Gasteiger partial charge on any atom is -0.378 e. The molecule has 0 amide bonds. The Hall–Kier alpha value is -1.33. The number of benzene rings is 1. The van der Waals surface area contributed by atoms with Crippen LogP contribution in [0.3, 0.4) is 0 Å². The molecular weight excluding hydrogens is 276 g/mol. The highest BCUT2D eigenvalue weighted by atomic mass is 19.1. The molecule has 2 heterocycles. The number of halogens is 2. The second-order valence-electron chi connectivity index (χ2n) is 6.12. The normalized spacial score (nSPS) is 29.4. The Bertz CT molecular complexity index is 562. The van der Waals surface area contributed by atoms with Crippen LogP contribution in [0.4, 0.5) is 8.78 Å². The summed E-state index contributed by atoms with van der Waals surface area (Å²) in [6.07, 6.45) is 1.34. The summed E-state index contributed by atoms with van der Waals surface area (Å²) in [6, 6.07) is 2.55. The lowest BCUT2D eigenvalue weighted by molar-refractivity contribution is -0.0702. The zero-order valence-electron chi connectivity index (χ0n) is 12.2. The first kappa shape index (κ1) is 14.6. The number of aryl methyl sites for hydroxylation is 1. The quantitative estimate of drug-likeness (QED) is 0.785. The molecule has 21 heavy (non-hydrogen) atoms. The lowest BCUT2D eigenvalue weighted by Gasteiger charge is -2.46. The predicted octanol–water partition coefficient (Wildman–Crippen LogP) is 2.57. The average molecular weight is 295 g/mol. The molecule has 3 nitrogen and oxygen atoms in total. The molecule has 2 atom stereocenters. The van der Waals surface area contributed by atoms with Crippen LogP contribution in [0.15, 0.2) is 12.1 Å². The van der Waals surface area contributed by atoms with Gasteiger partial charge in [0.2, 0.25) is 0 Å². The van der Waals surface area contributed by atoms with Gasteiger partial charge in [-0.3, -0.25) is 9.69 Å². The third-order valence-corrected chi connectivity index (χ3v) is 4.77. The highest BCUT2D eigenvalue weighted by molar-refractivity contribution is 5.98. The summed E-state index contributed by atoms with van der Waals surface area (Å²) in [4.78, 5) is 14.8. The summed E-state index contributed by atoms with van der Waals surface area (Å²) < 4.78 is 32.8. The number of hydrogen-bond acceptors (Lipinski definition) is 3. The Morgan fingerprint density at radius 1 is 1.19 bits per heavy atom. The Morgan fingerprint density at radius 2 is 1.81 bits per heavy atom. The van der Waals surface area contributed by atoms with E-state index in [9.17, 15) is 13.6 Å². The van der Waals surface area contributed by atoms with Gasteiger partial charge in [0, 0.05) is 24.1 Å². The first-order chi connectivity index (χ1) is 9.97. The second kappa shape index (κ2) is 5.46. The molecule has 5 heteroatoms. The van der Waals surface area contributed by atoms with Crippen LogP contribution in [-0.2, 0) is 4.74 Å². The molecule has 0 N–H and O–H groups in total. The third kappa shape index (κ3) is 2.60. The van der Waals surface area contributed by atoms with Crippen molar-refractivity contribution in [3.8, 4) is 0 Å². The fraction of sp³-hybridized carbons (Fsp3) is 0.562. The topological polar surface area (TPSA) is 29.5 Å². The van der Waals surface area contributed by atoms with Crippen molar-refractivity contribution in [3.05, 3.63) is 34.9 Å². The number of rotatable bonds is 2. The van der Waals surface area contributed by atoms with E-state index in [0.29, 0.717) is 31.6 Å². The minimum absolute atomic E-state index is 0.0162. The predicted molar refractivity (Wildman–Crippen MR) is 74.3 cm³/mol. The van der Waals surface area contributed by atoms with Gasteiger partial charge in [-0.15, -0.1) is 0 Å². The Balaban J connectivity index is 1.84. The number of piperidine rings is 1. The smallest absolute Gasteiger partial charge is 0.169 e. The van der Waals surface area contributed by atoms with Gasteiger partial charge in [-0.25, -0.2) is 8.78 Å². The van der Waals surface area contributed by atoms with Crippen LogP contribution >= 0.6 is 0 Å². The molecule has 0 aliphatic carbocycles. The Labute approximate surface area is 122 Å². The number of carbonyl (C=O) groups is 1. The maximum absolute atomic E-state index is 13.9. The zero-order valence-corrected chi connectivity index (χ0v) is 12.2. The molecule has 2 fully saturated rings. The number of hydrogen-bond donors (Lipinski definition) is 0. The molecular formula is C16H19F2NO2. The summed E-state index contributed by atoms with van der Waals surface area (Å²) in [7, 11) is 2.04. The van der Waals surface area contributed by atoms with Crippen molar-refractivity contribution in [2.45, 2.75) is 31.8 Å². The summed E-state index contributed by atoms with van der Waals surface area (Å²) in [5.41, 5.74) is 0.318. The molecule has 2 bridgehead atoms. The van der Waals surface area contributed by atoms with Gasteiger partial charge in [-0.2, -0.15) is 0 Å². The van der Waals surface area contributed by atoms with Crippen molar-refractivity contribution in [2.24, 2.45) is 5.92 Å². The van der Waals surface area contributed by atoms with E-state index in [2.05, 4.69) is 4.90 Å². The van der Waals surface area contributed by atoms with Crippen LogP contribution in [-0.4, -0.2) is 43.0 Å². The lowest BCUT2D eigenvalue weighted by Crippen LogP contribution is -2.55. The molecule has 3 rings (SSSR count). The SMILES string of the molecule is Cc1cc(C(=O)C2CC3COCC(C2)N3C)c(F)cc1F. The molecule has 0 radical (unpaired) electrons. The molecule has 2 aliphatic rings. The van der Waals surface area contributed by atoms with Crippen LogP contribution in [0.5, 0.6) is 0 Å². The van der Waals surface area contributed by atoms with Gasteiger partial charge >= 0.3 is 0 Å². The van der Waals surface area contributed by atoms with Gasteiger partial charge in [-0.1, -0.05) is 0 Å². The maximum atomic E-state index is 13.9. The maximum Gasteiger partial charge on any atom is 0.169 e. The van der Waals surface area contributed by atoms with Gasteiger partial charge in [0.15, 0.2) is 5.78 Å². The fourth-order valence-electron chi connectivity index (χ4n) is 3.38. The van der Waals surface area contributed by atoms with E-state index in [4.69, 9.17) is 4.74 Å². The number of Topliss-reactive ketones (excluding diaryl/α,β-unsaturated/α-hetero) is 1. The summed E-state index contributed by atoms with van der Waals surface area (Å²) in [6.45, 7) is 2.77. The van der Waals surface area contributed by atoms with E-state index in [-0.39, 0.29) is 29.3 Å². The van der Waals surface area contributed by atoms with E-state index in [0.717, 1.165) is 6.07 Å². The molecule has 1 aromatic carbocycles. The first-order valence-electron chi connectivity index (χ1n) is 7.27. The number of carbonyl (C=O) groups excluding carboxylic acids is 1. The van der Waals surface area contributed by atoms with Crippen LogP contribution in [0, 0.1) is 24.5 Å². The molecule has 0 spiro atoms. The molecule has 114 valence electrons. The summed E-state index contributed by atoms with van der Waals surface area (Å²) in [5.74, 6) is -1.79. The van der Waals surface area contributed by atoms with Crippen molar-refractivity contribution in [1.82, 2.24) is 4.90 Å². The fourth-order valence-corrected chi connectivity index (χ4v) is 3.38. The molecule has 2 aliphatic heterocycles. The van der Waals surface area contributed by atoms with Crippen LogP contribution < -0.4 is 0 Å². The first-order valence-corrected chi connectivity index (χ1v) is 7.27. The number of fused-ring (bicyclic) bond motifs is 2. The van der Waals surface area contributed by atoms with Crippen molar-refractivity contribution in [2.75, 3.05) is 20.3 Å². The van der Waals surface area contributed by atoms with E-state index >= 15 is 0 Å². The highest BCUT2D eigenvalue weighted by Crippen LogP contribution is 2.33. The standard InChI is InChI=1S/C16H19F2NO2/c1-9-3-13(15(18)6-14(9)17)16(20)10-4-11-7-21-8-12(5-10)19(11)2/h3,6,10-12H,4-5,7-8H2,1-2H3. The average Bonchev–Trinajstić information content (AvgIpc) is 2.42. The molecule has 1 aromatic rings. The molecule has 2 unspecified atom stereocenters. The highest BCUT2D eigenvalue weighted by Gasteiger charge is 2.40. The van der Waals surface area contributed by atoms with Crippen LogP contribution in [0.2, 0.25) is 0 Å². The van der Waals surface area contributed by atoms with E-state index in [1.54, 1.807) is 6.92 Å². The number of likely N-dealkylation sites (N-methyl/N-ethyl adjacent to an activating group) is 1. The lowest BCUT2D eigenvalue weighted by atomic mass is 9.80. The van der Waals surface area contributed by atoms with Gasteiger partial charge < -0.3 is 4.74 Å². The monoisotopic (exact) mass is 295 g/mol. The Kier molecular flexibility index (Phi) is 3.80. The summed E-state index contributed by atoms with van der Waals surface area (Å²) >= 11 is 0. The largest absolute Gasteiger partial charge is 0.378 e. The van der Waals surface area contributed by atoms with Gasteiger partial charge in [0.1, 0.15) is 11.6 Å².